The SMILES string of the molecule is O=C(Cc1ccc(F)cc1F)N(CC1CCCN1)C1CC1. The van der Waals surface area contributed by atoms with Crippen molar-refractivity contribution in [3.63, 3.8) is 0 Å². The van der Waals surface area contributed by atoms with Crippen LogP contribution in [0.5, 0.6) is 0 Å². The smallest absolute Gasteiger partial charge is 0.227 e. The lowest BCUT2D eigenvalue weighted by Gasteiger charge is -2.26. The molecule has 1 aromatic carbocycles. The third-order valence-electron chi connectivity index (χ3n) is 4.24. The van der Waals surface area contributed by atoms with Gasteiger partial charge in [0.15, 0.2) is 0 Å². The summed E-state index contributed by atoms with van der Waals surface area (Å²) in [5.41, 5.74) is 0.270. The predicted molar refractivity (Wildman–Crippen MR) is 75.8 cm³/mol. The third kappa shape index (κ3) is 3.59. The van der Waals surface area contributed by atoms with Gasteiger partial charge < -0.3 is 10.2 Å². The van der Waals surface area contributed by atoms with Gasteiger partial charge in [-0.1, -0.05) is 6.07 Å². The quantitative estimate of drug-likeness (QED) is 0.903. The molecule has 1 amide bonds. The molecule has 2 aliphatic rings. The second kappa shape index (κ2) is 6.10. The van der Waals surface area contributed by atoms with Crippen LogP contribution in [0.2, 0.25) is 0 Å². The van der Waals surface area contributed by atoms with Crippen molar-refractivity contribution in [2.45, 2.75) is 44.2 Å². The number of rotatable bonds is 5. The normalized spacial score (nSPS) is 21.5. The predicted octanol–water partition coefficient (Wildman–Crippen LogP) is 2.25. The van der Waals surface area contributed by atoms with E-state index in [9.17, 15) is 13.6 Å². The summed E-state index contributed by atoms with van der Waals surface area (Å²) in [4.78, 5) is 14.3. The summed E-state index contributed by atoms with van der Waals surface area (Å²) in [6.07, 6.45) is 4.30. The van der Waals surface area contributed by atoms with Gasteiger partial charge in [0.2, 0.25) is 5.91 Å². The number of halogens is 2. The lowest BCUT2D eigenvalue weighted by Crippen LogP contribution is -2.43. The fourth-order valence-electron chi connectivity index (χ4n) is 2.92. The molecule has 0 aromatic heterocycles. The Balaban J connectivity index is 1.66. The van der Waals surface area contributed by atoms with Crippen molar-refractivity contribution in [3.05, 3.63) is 35.4 Å². The van der Waals surface area contributed by atoms with Crippen molar-refractivity contribution < 1.29 is 13.6 Å². The van der Waals surface area contributed by atoms with Gasteiger partial charge in [-0.2, -0.15) is 0 Å². The minimum Gasteiger partial charge on any atom is -0.338 e. The maximum atomic E-state index is 13.7. The Morgan fingerprint density at radius 1 is 1.29 bits per heavy atom. The average Bonchev–Trinajstić information content (AvgIpc) is 3.16. The van der Waals surface area contributed by atoms with Crippen LogP contribution in [-0.4, -0.2) is 36.0 Å². The van der Waals surface area contributed by atoms with E-state index in [2.05, 4.69) is 5.32 Å². The Morgan fingerprint density at radius 3 is 2.71 bits per heavy atom. The topological polar surface area (TPSA) is 32.3 Å². The van der Waals surface area contributed by atoms with Crippen molar-refractivity contribution in [2.75, 3.05) is 13.1 Å². The molecule has 1 aliphatic heterocycles. The van der Waals surface area contributed by atoms with Gasteiger partial charge in [0.05, 0.1) is 6.42 Å². The number of carbonyl (C=O) groups excluding carboxylic acids is 1. The van der Waals surface area contributed by atoms with Crippen LogP contribution in [0, 0.1) is 11.6 Å². The fourth-order valence-corrected chi connectivity index (χ4v) is 2.92. The van der Waals surface area contributed by atoms with Crippen molar-refractivity contribution in [1.29, 1.82) is 0 Å². The molecule has 1 saturated heterocycles. The van der Waals surface area contributed by atoms with E-state index in [1.54, 1.807) is 0 Å². The van der Waals surface area contributed by atoms with Crippen LogP contribution < -0.4 is 5.32 Å². The van der Waals surface area contributed by atoms with Gasteiger partial charge >= 0.3 is 0 Å². The van der Waals surface area contributed by atoms with E-state index in [1.165, 1.54) is 12.1 Å². The van der Waals surface area contributed by atoms with Gasteiger partial charge in [-0.3, -0.25) is 4.79 Å². The maximum Gasteiger partial charge on any atom is 0.227 e. The summed E-state index contributed by atoms with van der Waals surface area (Å²) in [6.45, 7) is 1.70. The second-order valence-corrected chi connectivity index (χ2v) is 5.98. The first-order chi connectivity index (χ1) is 10.1. The van der Waals surface area contributed by atoms with Crippen molar-refractivity contribution in [1.82, 2.24) is 10.2 Å². The summed E-state index contributed by atoms with van der Waals surface area (Å²) >= 11 is 0. The lowest BCUT2D eigenvalue weighted by molar-refractivity contribution is -0.131. The summed E-state index contributed by atoms with van der Waals surface area (Å²) in [6, 6.07) is 4.06. The van der Waals surface area contributed by atoms with Gasteiger partial charge in [0, 0.05) is 24.7 Å². The molecule has 0 bridgehead atoms. The zero-order valence-electron chi connectivity index (χ0n) is 11.9. The third-order valence-corrected chi connectivity index (χ3v) is 4.24. The van der Waals surface area contributed by atoms with Crippen molar-refractivity contribution in [2.24, 2.45) is 0 Å². The van der Waals surface area contributed by atoms with E-state index in [0.717, 1.165) is 38.3 Å². The molecule has 1 unspecified atom stereocenters. The van der Waals surface area contributed by atoms with Crippen molar-refractivity contribution in [3.8, 4) is 0 Å². The van der Waals surface area contributed by atoms with Gasteiger partial charge in [0.25, 0.3) is 0 Å². The Bertz CT molecular complexity index is 525. The van der Waals surface area contributed by atoms with Crippen LogP contribution >= 0.6 is 0 Å². The molecular weight excluding hydrogens is 274 g/mol. The Kier molecular flexibility index (Phi) is 4.19. The van der Waals surface area contributed by atoms with E-state index in [-0.39, 0.29) is 17.9 Å². The van der Waals surface area contributed by atoms with Crippen LogP contribution in [0.1, 0.15) is 31.2 Å². The fraction of sp³-hybridized carbons (Fsp3) is 0.562. The molecule has 1 atom stereocenters. The lowest BCUT2D eigenvalue weighted by atomic mass is 10.1. The first kappa shape index (κ1) is 14.4. The summed E-state index contributed by atoms with van der Waals surface area (Å²) < 4.78 is 26.6. The van der Waals surface area contributed by atoms with Crippen LogP contribution in [0.3, 0.4) is 0 Å². The summed E-state index contributed by atoms with van der Waals surface area (Å²) in [7, 11) is 0. The van der Waals surface area contributed by atoms with E-state index in [1.807, 2.05) is 4.90 Å². The first-order valence-corrected chi connectivity index (χ1v) is 7.60. The molecule has 0 radical (unpaired) electrons. The standard InChI is InChI=1S/C16H20F2N2O/c17-12-4-3-11(15(18)9-12)8-16(21)20(14-5-6-14)10-13-2-1-7-19-13/h3-4,9,13-14,19H,1-2,5-8,10H2. The zero-order chi connectivity index (χ0) is 14.8. The molecular formula is C16H20F2N2O. The largest absolute Gasteiger partial charge is 0.338 e. The van der Waals surface area contributed by atoms with Crippen LogP contribution in [0.4, 0.5) is 8.78 Å². The van der Waals surface area contributed by atoms with E-state index < -0.39 is 11.6 Å². The molecule has 1 saturated carbocycles. The molecule has 0 spiro atoms. The highest BCUT2D eigenvalue weighted by Gasteiger charge is 2.34. The van der Waals surface area contributed by atoms with E-state index in [0.29, 0.717) is 18.6 Å². The number of benzene rings is 1. The maximum absolute atomic E-state index is 13.7. The van der Waals surface area contributed by atoms with Crippen LogP contribution in [0.15, 0.2) is 18.2 Å². The summed E-state index contributed by atoms with van der Waals surface area (Å²) in [5.74, 6) is -1.31. The highest BCUT2D eigenvalue weighted by molar-refractivity contribution is 5.79. The Labute approximate surface area is 123 Å². The molecule has 5 heteroatoms. The number of amides is 1. The van der Waals surface area contributed by atoms with E-state index in [4.69, 9.17) is 0 Å². The van der Waals surface area contributed by atoms with Gasteiger partial charge in [0.1, 0.15) is 11.6 Å². The molecule has 1 N–H and O–H groups in total. The van der Waals surface area contributed by atoms with Gasteiger partial charge in [-0.25, -0.2) is 8.78 Å². The molecule has 1 heterocycles. The highest BCUT2D eigenvalue weighted by atomic mass is 19.1. The monoisotopic (exact) mass is 294 g/mol. The van der Waals surface area contributed by atoms with Crippen LogP contribution in [0.25, 0.3) is 0 Å². The molecule has 3 nitrogen and oxygen atoms in total. The first-order valence-electron chi connectivity index (χ1n) is 7.60. The Hall–Kier alpha value is -1.49. The van der Waals surface area contributed by atoms with Crippen molar-refractivity contribution >= 4 is 5.91 Å². The van der Waals surface area contributed by atoms with E-state index >= 15 is 0 Å². The summed E-state index contributed by atoms with van der Waals surface area (Å²) in [5, 5.41) is 3.39. The molecule has 2 fully saturated rings. The minimum atomic E-state index is -0.641. The molecule has 21 heavy (non-hydrogen) atoms. The van der Waals surface area contributed by atoms with Gasteiger partial charge in [-0.15, -0.1) is 0 Å². The molecule has 3 rings (SSSR count). The Morgan fingerprint density at radius 2 is 2.10 bits per heavy atom. The number of carbonyl (C=O) groups is 1. The highest BCUT2D eigenvalue weighted by Crippen LogP contribution is 2.28. The number of hydrogen-bond acceptors (Lipinski definition) is 2. The molecule has 1 aliphatic carbocycles. The minimum absolute atomic E-state index is 0.00926. The second-order valence-electron chi connectivity index (χ2n) is 5.98. The number of nitrogens with zero attached hydrogens (tertiary/aromatic N) is 1. The van der Waals surface area contributed by atoms with Gasteiger partial charge in [-0.05, 0) is 43.9 Å². The molecule has 1 aromatic rings. The molecule has 114 valence electrons. The number of nitrogens with one attached hydrogen (secondary N) is 1. The zero-order valence-corrected chi connectivity index (χ0v) is 11.9. The van der Waals surface area contributed by atoms with Crippen LogP contribution in [-0.2, 0) is 11.2 Å². The number of hydrogen-bond donors (Lipinski definition) is 1. The average molecular weight is 294 g/mol.